The van der Waals surface area contributed by atoms with Crippen LogP contribution in [-0.2, 0) is 0 Å². The van der Waals surface area contributed by atoms with Crippen molar-refractivity contribution in [2.24, 2.45) is 5.73 Å². The summed E-state index contributed by atoms with van der Waals surface area (Å²) >= 11 is 0. The van der Waals surface area contributed by atoms with E-state index in [1.54, 1.807) is 0 Å². The van der Waals surface area contributed by atoms with Crippen molar-refractivity contribution in [1.82, 2.24) is 5.32 Å². The molecule has 1 heterocycles. The summed E-state index contributed by atoms with van der Waals surface area (Å²) in [6, 6.07) is 6.65. The minimum absolute atomic E-state index is 0.111. The Kier molecular flexibility index (Phi) is 2.57. The zero-order valence-electron chi connectivity index (χ0n) is 9.80. The summed E-state index contributed by atoms with van der Waals surface area (Å²) in [6.45, 7) is 8.35. The predicted molar refractivity (Wildman–Crippen MR) is 64.1 cm³/mol. The molecule has 0 aliphatic carbocycles. The highest BCUT2D eigenvalue weighted by molar-refractivity contribution is 5.36. The number of rotatable bonds is 1. The first-order valence-corrected chi connectivity index (χ1v) is 5.57. The van der Waals surface area contributed by atoms with E-state index in [-0.39, 0.29) is 5.54 Å². The van der Waals surface area contributed by atoms with Crippen LogP contribution in [-0.4, -0.2) is 18.6 Å². The summed E-state index contributed by atoms with van der Waals surface area (Å²) in [5, 5.41) is 3.38. The summed E-state index contributed by atoms with van der Waals surface area (Å²) in [7, 11) is 0. The van der Waals surface area contributed by atoms with Crippen molar-refractivity contribution in [2.75, 3.05) is 13.1 Å². The van der Waals surface area contributed by atoms with E-state index >= 15 is 0 Å². The van der Waals surface area contributed by atoms with Crippen LogP contribution in [0.2, 0.25) is 0 Å². The summed E-state index contributed by atoms with van der Waals surface area (Å²) < 4.78 is 0. The lowest BCUT2D eigenvalue weighted by Gasteiger charge is -2.27. The van der Waals surface area contributed by atoms with E-state index in [0.717, 1.165) is 13.1 Å². The molecule has 0 unspecified atom stereocenters. The van der Waals surface area contributed by atoms with Crippen LogP contribution in [0.5, 0.6) is 0 Å². The van der Waals surface area contributed by atoms with Gasteiger partial charge in [0.25, 0.3) is 0 Å². The van der Waals surface area contributed by atoms with Crippen LogP contribution in [0.25, 0.3) is 0 Å². The molecule has 1 aliphatic heterocycles. The normalized spacial score (nSPS) is 30.8. The summed E-state index contributed by atoms with van der Waals surface area (Å²) in [5.41, 5.74) is 10.3. The largest absolute Gasteiger partial charge is 0.324 e. The molecule has 15 heavy (non-hydrogen) atoms. The molecule has 0 amide bonds. The van der Waals surface area contributed by atoms with Crippen LogP contribution in [0.15, 0.2) is 18.2 Å². The first-order valence-electron chi connectivity index (χ1n) is 5.57. The molecular formula is C13H20N2. The number of benzene rings is 1. The smallest absolute Gasteiger partial charge is 0.0334 e. The zero-order chi connectivity index (χ0) is 11.1. The number of nitrogens with one attached hydrogen (secondary N) is 1. The van der Waals surface area contributed by atoms with Crippen LogP contribution in [0.1, 0.15) is 29.5 Å². The highest BCUT2D eigenvalue weighted by Crippen LogP contribution is 2.31. The fourth-order valence-electron chi connectivity index (χ4n) is 2.52. The van der Waals surface area contributed by atoms with Gasteiger partial charge in [-0.15, -0.1) is 0 Å². The van der Waals surface area contributed by atoms with E-state index in [9.17, 15) is 0 Å². The lowest BCUT2D eigenvalue weighted by atomic mass is 9.82. The van der Waals surface area contributed by atoms with Crippen molar-refractivity contribution in [1.29, 1.82) is 0 Å². The predicted octanol–water partition coefficient (Wildman–Crippen LogP) is 1.71. The van der Waals surface area contributed by atoms with E-state index in [2.05, 4.69) is 44.3 Å². The van der Waals surface area contributed by atoms with Gasteiger partial charge in [0.05, 0.1) is 0 Å². The standard InChI is InChI=1S/C13H20N2/c1-9-4-5-11(10(2)6-9)12-7-15-8-13(12,3)14/h4-6,12,15H,7-8,14H2,1-3H3/t12-,13+/m1/s1. The Balaban J connectivity index is 2.37. The Hall–Kier alpha value is -0.860. The molecule has 2 rings (SSSR count). The maximum absolute atomic E-state index is 6.30. The second-order valence-electron chi connectivity index (χ2n) is 5.05. The fraction of sp³-hybridized carbons (Fsp3) is 0.538. The highest BCUT2D eigenvalue weighted by Gasteiger charge is 2.36. The van der Waals surface area contributed by atoms with Gasteiger partial charge in [0.15, 0.2) is 0 Å². The number of hydrogen-bond acceptors (Lipinski definition) is 2. The van der Waals surface area contributed by atoms with E-state index in [1.165, 1.54) is 16.7 Å². The maximum Gasteiger partial charge on any atom is 0.0334 e. The van der Waals surface area contributed by atoms with Crippen molar-refractivity contribution in [3.8, 4) is 0 Å². The molecule has 2 heteroatoms. The third-order valence-corrected chi connectivity index (χ3v) is 3.45. The molecule has 82 valence electrons. The lowest BCUT2D eigenvalue weighted by Crippen LogP contribution is -2.43. The molecule has 1 aromatic rings. The van der Waals surface area contributed by atoms with Crippen molar-refractivity contribution in [3.05, 3.63) is 34.9 Å². The molecule has 0 aromatic heterocycles. The van der Waals surface area contributed by atoms with E-state index in [0.29, 0.717) is 5.92 Å². The second-order valence-corrected chi connectivity index (χ2v) is 5.05. The van der Waals surface area contributed by atoms with Gasteiger partial charge < -0.3 is 11.1 Å². The average Bonchev–Trinajstić information content (AvgIpc) is 2.46. The van der Waals surface area contributed by atoms with Crippen LogP contribution in [0.3, 0.4) is 0 Å². The maximum atomic E-state index is 6.30. The number of hydrogen-bond donors (Lipinski definition) is 2. The van der Waals surface area contributed by atoms with E-state index < -0.39 is 0 Å². The molecule has 1 saturated heterocycles. The van der Waals surface area contributed by atoms with Crippen LogP contribution < -0.4 is 11.1 Å². The summed E-state index contributed by atoms with van der Waals surface area (Å²) in [6.07, 6.45) is 0. The van der Waals surface area contributed by atoms with Gasteiger partial charge >= 0.3 is 0 Å². The van der Waals surface area contributed by atoms with E-state index in [4.69, 9.17) is 5.73 Å². The number of nitrogens with two attached hydrogens (primary N) is 1. The molecular weight excluding hydrogens is 184 g/mol. The molecule has 3 N–H and O–H groups in total. The molecule has 0 radical (unpaired) electrons. The van der Waals surface area contributed by atoms with Crippen LogP contribution in [0.4, 0.5) is 0 Å². The van der Waals surface area contributed by atoms with Gasteiger partial charge in [-0.1, -0.05) is 23.8 Å². The molecule has 0 spiro atoms. The average molecular weight is 204 g/mol. The Bertz CT molecular complexity index is 369. The Morgan fingerprint density at radius 2 is 2.13 bits per heavy atom. The van der Waals surface area contributed by atoms with Gasteiger partial charge in [-0.05, 0) is 31.9 Å². The van der Waals surface area contributed by atoms with Crippen LogP contribution >= 0.6 is 0 Å². The summed E-state index contributed by atoms with van der Waals surface area (Å²) in [4.78, 5) is 0. The van der Waals surface area contributed by atoms with Crippen molar-refractivity contribution >= 4 is 0 Å². The molecule has 1 aliphatic rings. The minimum Gasteiger partial charge on any atom is -0.324 e. The van der Waals surface area contributed by atoms with Gasteiger partial charge in [-0.3, -0.25) is 0 Å². The third kappa shape index (κ3) is 1.92. The summed E-state index contributed by atoms with van der Waals surface area (Å²) in [5.74, 6) is 0.443. The van der Waals surface area contributed by atoms with Gasteiger partial charge in [0.2, 0.25) is 0 Å². The Morgan fingerprint density at radius 1 is 1.40 bits per heavy atom. The Labute approximate surface area is 91.9 Å². The zero-order valence-corrected chi connectivity index (χ0v) is 9.80. The quantitative estimate of drug-likeness (QED) is 0.731. The first-order chi connectivity index (χ1) is 7.00. The van der Waals surface area contributed by atoms with Crippen molar-refractivity contribution in [3.63, 3.8) is 0 Å². The van der Waals surface area contributed by atoms with Gasteiger partial charge in [-0.2, -0.15) is 0 Å². The van der Waals surface area contributed by atoms with E-state index in [1.807, 2.05) is 0 Å². The van der Waals surface area contributed by atoms with Crippen molar-refractivity contribution < 1.29 is 0 Å². The molecule has 0 saturated carbocycles. The molecule has 2 nitrogen and oxygen atoms in total. The molecule has 1 fully saturated rings. The lowest BCUT2D eigenvalue weighted by molar-refractivity contribution is 0.461. The fourth-order valence-corrected chi connectivity index (χ4v) is 2.52. The van der Waals surface area contributed by atoms with Gasteiger partial charge in [-0.25, -0.2) is 0 Å². The minimum atomic E-state index is -0.111. The van der Waals surface area contributed by atoms with Crippen molar-refractivity contribution in [2.45, 2.75) is 32.2 Å². The van der Waals surface area contributed by atoms with Gasteiger partial charge in [0.1, 0.15) is 0 Å². The third-order valence-electron chi connectivity index (χ3n) is 3.45. The number of aryl methyl sites for hydroxylation is 2. The Morgan fingerprint density at radius 3 is 2.67 bits per heavy atom. The molecule has 0 bridgehead atoms. The topological polar surface area (TPSA) is 38.0 Å². The SMILES string of the molecule is Cc1ccc([C@H]2CNC[C@]2(C)N)c(C)c1. The van der Waals surface area contributed by atoms with Crippen LogP contribution in [0, 0.1) is 13.8 Å². The monoisotopic (exact) mass is 204 g/mol. The highest BCUT2D eigenvalue weighted by atomic mass is 15.0. The first kappa shape index (κ1) is 10.7. The van der Waals surface area contributed by atoms with Gasteiger partial charge in [0, 0.05) is 24.5 Å². The second kappa shape index (κ2) is 3.62. The molecule has 1 aromatic carbocycles. The molecule has 2 atom stereocenters.